The van der Waals surface area contributed by atoms with Gasteiger partial charge < -0.3 is 9.64 Å². The second kappa shape index (κ2) is 6.06. The normalized spacial score (nSPS) is 16.4. The zero-order valence-electron chi connectivity index (χ0n) is 10.7. The Labute approximate surface area is 115 Å². The number of aromatic amines is 1. The minimum absolute atomic E-state index is 0.0600. The minimum atomic E-state index is -0.348. The number of halogens is 1. The first-order chi connectivity index (χ1) is 9.11. The second-order valence-corrected chi connectivity index (χ2v) is 4.80. The fourth-order valence-corrected chi connectivity index (χ4v) is 2.21. The van der Waals surface area contributed by atoms with Crippen LogP contribution in [0.25, 0.3) is 0 Å². The van der Waals surface area contributed by atoms with Gasteiger partial charge in [-0.2, -0.15) is 0 Å². The Kier molecular flexibility index (Phi) is 4.42. The maximum absolute atomic E-state index is 11.6. The van der Waals surface area contributed by atoms with Gasteiger partial charge in [0.1, 0.15) is 5.02 Å². The van der Waals surface area contributed by atoms with Gasteiger partial charge in [-0.05, 0) is 19.8 Å². The fourth-order valence-electron chi connectivity index (χ4n) is 2.12. The van der Waals surface area contributed by atoms with E-state index in [0.29, 0.717) is 38.5 Å². The lowest BCUT2D eigenvalue weighted by Crippen LogP contribution is -2.38. The molecule has 2 rings (SSSR count). The molecule has 19 heavy (non-hydrogen) atoms. The van der Waals surface area contributed by atoms with E-state index in [-0.39, 0.29) is 22.5 Å². The van der Waals surface area contributed by atoms with E-state index in [1.54, 1.807) is 6.92 Å². The molecule has 0 spiro atoms. The minimum Gasteiger partial charge on any atom is -0.466 e. The lowest BCUT2D eigenvalue weighted by molar-refractivity contribution is -0.148. The van der Waals surface area contributed by atoms with Crippen molar-refractivity contribution in [1.82, 2.24) is 9.97 Å². The fraction of sp³-hybridized carbons (Fsp3) is 0.583. The molecule has 0 radical (unpaired) electrons. The van der Waals surface area contributed by atoms with E-state index in [1.165, 1.54) is 6.20 Å². The molecule has 1 aliphatic rings. The first-order valence-corrected chi connectivity index (χ1v) is 6.66. The number of carbonyl (C=O) groups excluding carboxylic acids is 1. The molecule has 2 heterocycles. The molecule has 1 fully saturated rings. The van der Waals surface area contributed by atoms with Crippen molar-refractivity contribution < 1.29 is 9.53 Å². The number of aromatic nitrogens is 2. The Morgan fingerprint density at radius 1 is 1.58 bits per heavy atom. The highest BCUT2D eigenvalue weighted by Gasteiger charge is 2.26. The predicted octanol–water partition coefficient (Wildman–Crippen LogP) is 1.20. The van der Waals surface area contributed by atoms with Gasteiger partial charge in [-0.15, -0.1) is 0 Å². The van der Waals surface area contributed by atoms with Crippen LogP contribution in [0.1, 0.15) is 19.8 Å². The van der Waals surface area contributed by atoms with Gasteiger partial charge in [-0.25, -0.2) is 4.98 Å². The Bertz CT molecular complexity index is 509. The summed E-state index contributed by atoms with van der Waals surface area (Å²) in [4.78, 5) is 31.7. The standard InChI is InChI=1S/C12H16ClN3O3/c1-2-19-11(18)8-3-5-16(6-4-8)12-14-7-9(13)10(17)15-12/h7-8H,2-6H2,1H3,(H,14,15,17). The van der Waals surface area contributed by atoms with Crippen LogP contribution in [0.4, 0.5) is 5.95 Å². The molecule has 7 heteroatoms. The summed E-state index contributed by atoms with van der Waals surface area (Å²) >= 11 is 5.63. The zero-order chi connectivity index (χ0) is 13.8. The SMILES string of the molecule is CCOC(=O)C1CCN(c2ncc(Cl)c(=O)[nH]2)CC1. The molecule has 1 N–H and O–H groups in total. The van der Waals surface area contributed by atoms with Crippen molar-refractivity contribution in [1.29, 1.82) is 0 Å². The second-order valence-electron chi connectivity index (χ2n) is 4.40. The van der Waals surface area contributed by atoms with E-state index in [2.05, 4.69) is 9.97 Å². The van der Waals surface area contributed by atoms with E-state index in [0.717, 1.165) is 0 Å². The average molecular weight is 286 g/mol. The van der Waals surface area contributed by atoms with Gasteiger partial charge in [-0.1, -0.05) is 11.6 Å². The van der Waals surface area contributed by atoms with Gasteiger partial charge in [-0.3, -0.25) is 14.6 Å². The summed E-state index contributed by atoms with van der Waals surface area (Å²) in [5, 5.41) is 0.0742. The maximum Gasteiger partial charge on any atom is 0.309 e. The number of hydrogen-bond acceptors (Lipinski definition) is 5. The average Bonchev–Trinajstić information content (AvgIpc) is 2.42. The number of ether oxygens (including phenoxy) is 1. The number of carbonyl (C=O) groups is 1. The third-order valence-corrected chi connectivity index (χ3v) is 3.43. The number of anilines is 1. The van der Waals surface area contributed by atoms with Crippen LogP contribution < -0.4 is 10.5 Å². The summed E-state index contributed by atoms with van der Waals surface area (Å²) in [5.41, 5.74) is -0.348. The number of piperidine rings is 1. The molecular weight excluding hydrogens is 270 g/mol. The van der Waals surface area contributed by atoms with Crippen molar-refractivity contribution >= 4 is 23.5 Å². The monoisotopic (exact) mass is 285 g/mol. The number of rotatable bonds is 3. The summed E-state index contributed by atoms with van der Waals surface area (Å²) in [6.07, 6.45) is 2.74. The highest BCUT2D eigenvalue weighted by atomic mass is 35.5. The van der Waals surface area contributed by atoms with Crippen LogP contribution in [-0.4, -0.2) is 35.6 Å². The molecule has 0 aliphatic carbocycles. The summed E-state index contributed by atoms with van der Waals surface area (Å²) in [6, 6.07) is 0. The highest BCUT2D eigenvalue weighted by molar-refractivity contribution is 6.30. The van der Waals surface area contributed by atoms with Crippen molar-refractivity contribution in [2.24, 2.45) is 5.92 Å². The topological polar surface area (TPSA) is 75.3 Å². The molecule has 0 atom stereocenters. The Hall–Kier alpha value is -1.56. The quantitative estimate of drug-likeness (QED) is 0.845. The van der Waals surface area contributed by atoms with E-state index in [9.17, 15) is 9.59 Å². The number of esters is 1. The van der Waals surface area contributed by atoms with Crippen LogP contribution in [0, 0.1) is 5.92 Å². The van der Waals surface area contributed by atoms with Crippen molar-refractivity contribution in [2.45, 2.75) is 19.8 Å². The number of nitrogens with zero attached hydrogens (tertiary/aromatic N) is 2. The number of nitrogens with one attached hydrogen (secondary N) is 1. The highest BCUT2D eigenvalue weighted by Crippen LogP contribution is 2.21. The van der Waals surface area contributed by atoms with Gasteiger partial charge in [0, 0.05) is 13.1 Å². The first-order valence-electron chi connectivity index (χ1n) is 6.28. The lowest BCUT2D eigenvalue weighted by atomic mass is 9.97. The first kappa shape index (κ1) is 13.9. The van der Waals surface area contributed by atoms with Gasteiger partial charge >= 0.3 is 5.97 Å². The van der Waals surface area contributed by atoms with Crippen molar-refractivity contribution in [3.63, 3.8) is 0 Å². The molecule has 104 valence electrons. The third-order valence-electron chi connectivity index (χ3n) is 3.16. The molecule has 0 unspecified atom stereocenters. The van der Waals surface area contributed by atoms with Crippen molar-refractivity contribution in [3.8, 4) is 0 Å². The van der Waals surface area contributed by atoms with Gasteiger partial charge in [0.05, 0.1) is 18.7 Å². The van der Waals surface area contributed by atoms with E-state index in [1.807, 2.05) is 4.90 Å². The smallest absolute Gasteiger partial charge is 0.309 e. The Balaban J connectivity index is 1.98. The van der Waals surface area contributed by atoms with Crippen LogP contribution in [0.3, 0.4) is 0 Å². The van der Waals surface area contributed by atoms with Crippen LogP contribution in [0.5, 0.6) is 0 Å². The molecule has 0 saturated carbocycles. The van der Waals surface area contributed by atoms with Crippen molar-refractivity contribution in [3.05, 3.63) is 21.6 Å². The summed E-state index contributed by atoms with van der Waals surface area (Å²) in [5.74, 6) is 0.298. The molecular formula is C12H16ClN3O3. The van der Waals surface area contributed by atoms with E-state index in [4.69, 9.17) is 16.3 Å². The van der Waals surface area contributed by atoms with Gasteiger partial charge in [0.2, 0.25) is 5.95 Å². The molecule has 0 amide bonds. The molecule has 1 aliphatic heterocycles. The maximum atomic E-state index is 11.6. The van der Waals surface area contributed by atoms with Gasteiger partial charge in [0.25, 0.3) is 5.56 Å². The molecule has 1 saturated heterocycles. The molecule has 0 bridgehead atoms. The summed E-state index contributed by atoms with van der Waals surface area (Å²) < 4.78 is 5.01. The van der Waals surface area contributed by atoms with E-state index < -0.39 is 0 Å². The summed E-state index contributed by atoms with van der Waals surface area (Å²) in [6.45, 7) is 3.53. The summed E-state index contributed by atoms with van der Waals surface area (Å²) in [7, 11) is 0. The van der Waals surface area contributed by atoms with Crippen LogP contribution >= 0.6 is 11.6 Å². The van der Waals surface area contributed by atoms with E-state index >= 15 is 0 Å². The van der Waals surface area contributed by atoms with Crippen LogP contribution in [-0.2, 0) is 9.53 Å². The molecule has 1 aromatic rings. The van der Waals surface area contributed by atoms with Crippen molar-refractivity contribution in [2.75, 3.05) is 24.6 Å². The zero-order valence-corrected chi connectivity index (χ0v) is 11.4. The Morgan fingerprint density at radius 3 is 2.84 bits per heavy atom. The number of hydrogen-bond donors (Lipinski definition) is 1. The van der Waals surface area contributed by atoms with Gasteiger partial charge in [0.15, 0.2) is 0 Å². The number of H-pyrrole nitrogens is 1. The molecule has 0 aromatic carbocycles. The molecule has 1 aromatic heterocycles. The Morgan fingerprint density at radius 2 is 2.26 bits per heavy atom. The van der Waals surface area contributed by atoms with Crippen LogP contribution in [0.2, 0.25) is 5.02 Å². The predicted molar refractivity (Wildman–Crippen MR) is 71.4 cm³/mol. The van der Waals surface area contributed by atoms with Crippen LogP contribution in [0.15, 0.2) is 11.0 Å². The third kappa shape index (κ3) is 3.26. The molecule has 6 nitrogen and oxygen atoms in total. The largest absolute Gasteiger partial charge is 0.466 e. The lowest BCUT2D eigenvalue weighted by Gasteiger charge is -2.31.